The van der Waals surface area contributed by atoms with Crippen molar-refractivity contribution < 1.29 is 19.2 Å². The van der Waals surface area contributed by atoms with Crippen molar-refractivity contribution >= 4 is 11.8 Å². The van der Waals surface area contributed by atoms with Crippen LogP contribution in [0.5, 0.6) is 0 Å². The molecule has 0 radical (unpaired) electrons. The summed E-state index contributed by atoms with van der Waals surface area (Å²) in [6.45, 7) is 4.22. The van der Waals surface area contributed by atoms with E-state index in [2.05, 4.69) is 6.92 Å². The van der Waals surface area contributed by atoms with Gasteiger partial charge >= 0.3 is 5.97 Å². The normalized spacial score (nSPS) is 12.0. The van der Waals surface area contributed by atoms with Crippen molar-refractivity contribution in [2.75, 3.05) is 13.7 Å². The molecule has 0 saturated heterocycles. The number of hydroxylamine groups is 2. The lowest BCUT2D eigenvalue weighted by Crippen LogP contribution is -2.42. The molecule has 1 atom stereocenters. The van der Waals surface area contributed by atoms with Crippen LogP contribution in [0.1, 0.15) is 46.5 Å². The van der Waals surface area contributed by atoms with Gasteiger partial charge in [-0.05, 0) is 31.0 Å². The molecule has 0 aliphatic carbocycles. The first-order valence-corrected chi connectivity index (χ1v) is 8.81. The molecule has 0 heterocycles. The van der Waals surface area contributed by atoms with Crippen LogP contribution in [0.25, 0.3) is 0 Å². The summed E-state index contributed by atoms with van der Waals surface area (Å²) >= 11 is 0. The average Bonchev–Trinajstić information content (AvgIpc) is 2.67. The molecule has 0 N–H and O–H groups in total. The number of hydrogen-bond donors (Lipinski definition) is 0. The van der Waals surface area contributed by atoms with E-state index in [4.69, 9.17) is 9.57 Å². The highest BCUT2D eigenvalue weighted by Gasteiger charge is 2.28. The Kier molecular flexibility index (Phi) is 7.51. The lowest BCUT2D eigenvalue weighted by molar-refractivity contribution is -0.179. The Bertz CT molecular complexity index is 713. The van der Waals surface area contributed by atoms with Crippen LogP contribution in [0.4, 0.5) is 0 Å². The van der Waals surface area contributed by atoms with Crippen LogP contribution in [-0.2, 0) is 16.0 Å². The van der Waals surface area contributed by atoms with Crippen molar-refractivity contribution in [1.82, 2.24) is 5.06 Å². The minimum atomic E-state index is -0.996. The highest BCUT2D eigenvalue weighted by atomic mass is 16.7. The summed E-state index contributed by atoms with van der Waals surface area (Å²) in [6, 6.07) is 16.1. The molecule has 0 saturated carbocycles. The van der Waals surface area contributed by atoms with E-state index < -0.39 is 12.2 Å². The van der Waals surface area contributed by atoms with Crippen LogP contribution in [0.3, 0.4) is 0 Å². The topological polar surface area (TPSA) is 55.8 Å². The fourth-order valence-corrected chi connectivity index (χ4v) is 2.58. The number of ether oxygens (including phenoxy) is 1. The zero-order valence-electron chi connectivity index (χ0n) is 15.5. The Balaban J connectivity index is 2.10. The number of carbonyl (C=O) groups excluding carboxylic acids is 2. The third-order valence-corrected chi connectivity index (χ3v) is 3.89. The first-order chi connectivity index (χ1) is 12.6. The summed E-state index contributed by atoms with van der Waals surface area (Å²) < 4.78 is 5.53. The van der Waals surface area contributed by atoms with Crippen molar-refractivity contribution in [3.05, 3.63) is 71.3 Å². The Hall–Kier alpha value is -2.50. The zero-order valence-corrected chi connectivity index (χ0v) is 15.5. The maximum Gasteiger partial charge on any atom is 0.357 e. The van der Waals surface area contributed by atoms with Gasteiger partial charge in [0.2, 0.25) is 12.0 Å². The summed E-state index contributed by atoms with van der Waals surface area (Å²) in [5.41, 5.74) is 2.11. The van der Waals surface area contributed by atoms with E-state index in [1.54, 1.807) is 43.3 Å². The van der Waals surface area contributed by atoms with Gasteiger partial charge in [0.05, 0.1) is 5.56 Å². The second kappa shape index (κ2) is 9.85. The summed E-state index contributed by atoms with van der Waals surface area (Å²) in [4.78, 5) is 30.3. The van der Waals surface area contributed by atoms with Crippen molar-refractivity contribution in [2.24, 2.45) is 0 Å². The van der Waals surface area contributed by atoms with Gasteiger partial charge in [-0.1, -0.05) is 55.8 Å². The lowest BCUT2D eigenvalue weighted by Gasteiger charge is -2.25. The predicted octanol–water partition coefficient (Wildman–Crippen LogP) is 3.89. The largest absolute Gasteiger partial charge is 0.361 e. The van der Waals surface area contributed by atoms with Gasteiger partial charge in [0, 0.05) is 19.2 Å². The molecule has 0 spiro atoms. The van der Waals surface area contributed by atoms with Gasteiger partial charge in [-0.25, -0.2) is 4.79 Å². The van der Waals surface area contributed by atoms with E-state index in [0.29, 0.717) is 17.7 Å². The van der Waals surface area contributed by atoms with Crippen molar-refractivity contribution in [3.8, 4) is 0 Å². The van der Waals surface area contributed by atoms with Crippen LogP contribution in [0.2, 0.25) is 0 Å². The summed E-state index contributed by atoms with van der Waals surface area (Å²) in [5, 5.41) is 1.17. The van der Waals surface area contributed by atoms with Gasteiger partial charge in [0.15, 0.2) is 0 Å². The van der Waals surface area contributed by atoms with E-state index in [1.807, 2.05) is 18.2 Å². The maximum atomic E-state index is 12.8. The number of carbonyl (C=O) groups is 2. The Morgan fingerprint density at radius 1 is 0.962 bits per heavy atom. The Morgan fingerprint density at radius 3 is 2.19 bits per heavy atom. The highest BCUT2D eigenvalue weighted by molar-refractivity contribution is 5.99. The molecule has 2 aromatic carbocycles. The standard InChI is InChI=1S/C21H25NO4/c1-4-9-16-12-14-17(15-13-16)19(23)20(25-5-2)22(3)26-21(24)18-10-7-6-8-11-18/h6-8,10-15,20H,4-5,9H2,1-3H3. The second-order valence-corrected chi connectivity index (χ2v) is 5.91. The van der Waals surface area contributed by atoms with Crippen LogP contribution in [0.15, 0.2) is 54.6 Å². The molecular formula is C21H25NO4. The molecule has 138 valence electrons. The van der Waals surface area contributed by atoms with Gasteiger partial charge in [-0.2, -0.15) is 0 Å². The van der Waals surface area contributed by atoms with Gasteiger partial charge in [0.25, 0.3) is 0 Å². The molecule has 1 unspecified atom stereocenters. The van der Waals surface area contributed by atoms with Crippen molar-refractivity contribution in [3.63, 3.8) is 0 Å². The molecular weight excluding hydrogens is 330 g/mol. The number of aryl methyl sites for hydroxylation is 1. The second-order valence-electron chi connectivity index (χ2n) is 5.91. The summed E-state index contributed by atoms with van der Waals surface area (Å²) in [7, 11) is 1.52. The Labute approximate surface area is 154 Å². The number of benzene rings is 2. The van der Waals surface area contributed by atoms with Crippen LogP contribution < -0.4 is 0 Å². The molecule has 5 nitrogen and oxygen atoms in total. The molecule has 2 rings (SSSR count). The molecule has 0 amide bonds. The van der Waals surface area contributed by atoms with E-state index in [0.717, 1.165) is 12.8 Å². The lowest BCUT2D eigenvalue weighted by atomic mass is 10.0. The zero-order chi connectivity index (χ0) is 18.9. The summed E-state index contributed by atoms with van der Waals surface area (Å²) in [5.74, 6) is -0.790. The monoisotopic (exact) mass is 355 g/mol. The third kappa shape index (κ3) is 5.25. The maximum absolute atomic E-state index is 12.8. The Morgan fingerprint density at radius 2 is 1.62 bits per heavy atom. The van der Waals surface area contributed by atoms with Crippen LogP contribution in [-0.4, -0.2) is 36.7 Å². The van der Waals surface area contributed by atoms with E-state index >= 15 is 0 Å². The molecule has 0 bridgehead atoms. The predicted molar refractivity (Wildman–Crippen MR) is 99.8 cm³/mol. The van der Waals surface area contributed by atoms with Gasteiger partial charge < -0.3 is 9.57 Å². The van der Waals surface area contributed by atoms with Gasteiger partial charge in [-0.3, -0.25) is 4.79 Å². The number of nitrogens with zero attached hydrogens (tertiary/aromatic N) is 1. The molecule has 0 aliphatic rings. The van der Waals surface area contributed by atoms with Gasteiger partial charge in [0.1, 0.15) is 0 Å². The molecule has 0 aliphatic heterocycles. The highest BCUT2D eigenvalue weighted by Crippen LogP contribution is 2.14. The smallest absolute Gasteiger partial charge is 0.357 e. The van der Waals surface area contributed by atoms with E-state index in [9.17, 15) is 9.59 Å². The third-order valence-electron chi connectivity index (χ3n) is 3.89. The minimum Gasteiger partial charge on any atom is -0.361 e. The molecule has 26 heavy (non-hydrogen) atoms. The number of ketones is 1. The van der Waals surface area contributed by atoms with Crippen molar-refractivity contribution in [1.29, 1.82) is 0 Å². The number of hydrogen-bond acceptors (Lipinski definition) is 5. The molecule has 0 aromatic heterocycles. The van der Waals surface area contributed by atoms with Gasteiger partial charge in [-0.15, -0.1) is 5.06 Å². The number of likely N-dealkylation sites (N-methyl/N-ethyl adjacent to an activating group) is 1. The van der Waals surface area contributed by atoms with E-state index in [1.165, 1.54) is 17.7 Å². The quantitative estimate of drug-likeness (QED) is 0.388. The van der Waals surface area contributed by atoms with Crippen LogP contribution in [0, 0.1) is 0 Å². The molecule has 0 fully saturated rings. The number of rotatable bonds is 9. The SMILES string of the molecule is CCCc1ccc(C(=O)C(OCC)N(C)OC(=O)c2ccccc2)cc1. The first kappa shape index (κ1) is 19.8. The fraction of sp³-hybridized carbons (Fsp3) is 0.333. The number of Topliss-reactive ketones (excluding diaryl/α,β-unsaturated/α-hetero) is 1. The van der Waals surface area contributed by atoms with Crippen molar-refractivity contribution in [2.45, 2.75) is 32.9 Å². The molecule has 2 aromatic rings. The minimum absolute atomic E-state index is 0.252. The fourth-order valence-electron chi connectivity index (χ4n) is 2.58. The van der Waals surface area contributed by atoms with Crippen LogP contribution >= 0.6 is 0 Å². The van der Waals surface area contributed by atoms with E-state index in [-0.39, 0.29) is 5.78 Å². The molecule has 5 heteroatoms. The average molecular weight is 355 g/mol. The first-order valence-electron chi connectivity index (χ1n) is 8.81. The summed E-state index contributed by atoms with van der Waals surface area (Å²) in [6.07, 6.45) is 1.02.